The van der Waals surface area contributed by atoms with Gasteiger partial charge < -0.3 is 4.74 Å². The Labute approximate surface area is 74.3 Å². The largest absolute Gasteiger partial charge is 0.385 e. The van der Waals surface area contributed by atoms with Gasteiger partial charge in [0.25, 0.3) is 0 Å². The molecule has 2 nitrogen and oxygen atoms in total. The molecular formula is C10H18O2. The number of ether oxygens (including phenoxy) is 1. The highest BCUT2D eigenvalue weighted by atomic mass is 16.5. The lowest BCUT2D eigenvalue weighted by atomic mass is 9.99. The van der Waals surface area contributed by atoms with Crippen molar-refractivity contribution in [2.75, 3.05) is 13.7 Å². The lowest BCUT2D eigenvalue weighted by Crippen LogP contribution is -2.15. The Balaban J connectivity index is 2.22. The first-order valence-electron chi connectivity index (χ1n) is 4.69. The fourth-order valence-corrected chi connectivity index (χ4v) is 1.52. The van der Waals surface area contributed by atoms with E-state index in [0.29, 0.717) is 24.2 Å². The molecule has 0 saturated heterocycles. The molecular weight excluding hydrogens is 152 g/mol. The molecule has 0 spiro atoms. The van der Waals surface area contributed by atoms with Crippen molar-refractivity contribution in [2.24, 2.45) is 17.8 Å². The number of hydrogen-bond donors (Lipinski definition) is 0. The predicted octanol–water partition coefficient (Wildman–Crippen LogP) is 1.88. The Kier molecular flexibility index (Phi) is 3.27. The van der Waals surface area contributed by atoms with Gasteiger partial charge in [0.15, 0.2) is 0 Å². The smallest absolute Gasteiger partial charge is 0.139 e. The summed E-state index contributed by atoms with van der Waals surface area (Å²) in [7, 11) is 1.68. The van der Waals surface area contributed by atoms with Crippen LogP contribution in [0.3, 0.4) is 0 Å². The third-order valence-corrected chi connectivity index (χ3v) is 2.72. The molecule has 0 radical (unpaired) electrons. The number of carbonyl (C=O) groups excluding carboxylic acids is 1. The second-order valence-electron chi connectivity index (χ2n) is 3.90. The first-order chi connectivity index (χ1) is 5.66. The van der Waals surface area contributed by atoms with Crippen LogP contribution in [0.1, 0.15) is 26.7 Å². The number of methoxy groups -OCH3 is 1. The van der Waals surface area contributed by atoms with Crippen molar-refractivity contribution >= 4 is 5.78 Å². The third-order valence-electron chi connectivity index (χ3n) is 2.72. The molecule has 0 N–H and O–H groups in total. The molecule has 0 aromatic rings. The first kappa shape index (κ1) is 9.72. The zero-order valence-electron chi connectivity index (χ0n) is 8.17. The van der Waals surface area contributed by atoms with Gasteiger partial charge in [0.2, 0.25) is 0 Å². The second-order valence-corrected chi connectivity index (χ2v) is 3.90. The molecule has 1 rings (SSSR count). The van der Waals surface area contributed by atoms with E-state index in [-0.39, 0.29) is 5.92 Å². The van der Waals surface area contributed by atoms with Gasteiger partial charge in [-0.3, -0.25) is 4.79 Å². The van der Waals surface area contributed by atoms with E-state index < -0.39 is 0 Å². The summed E-state index contributed by atoms with van der Waals surface area (Å²) in [4.78, 5) is 11.6. The van der Waals surface area contributed by atoms with Crippen LogP contribution in [0.15, 0.2) is 0 Å². The van der Waals surface area contributed by atoms with E-state index in [0.717, 1.165) is 12.8 Å². The van der Waals surface area contributed by atoms with E-state index in [1.54, 1.807) is 7.11 Å². The Morgan fingerprint density at radius 2 is 2.25 bits per heavy atom. The molecule has 1 fully saturated rings. The van der Waals surface area contributed by atoms with Crippen molar-refractivity contribution in [3.8, 4) is 0 Å². The molecule has 2 heteroatoms. The number of rotatable bonds is 5. The number of ketones is 1. The Bertz CT molecular complexity index is 165. The lowest BCUT2D eigenvalue weighted by Gasteiger charge is -2.08. The number of Topliss-reactive ketones (excluding diaryl/α,β-unsaturated/α-hetero) is 1. The molecule has 1 saturated carbocycles. The second kappa shape index (κ2) is 4.04. The van der Waals surface area contributed by atoms with Gasteiger partial charge in [-0.15, -0.1) is 0 Å². The first-order valence-corrected chi connectivity index (χ1v) is 4.69. The van der Waals surface area contributed by atoms with Crippen LogP contribution in [0.2, 0.25) is 0 Å². The average molecular weight is 170 g/mol. The zero-order valence-corrected chi connectivity index (χ0v) is 8.17. The quantitative estimate of drug-likeness (QED) is 0.629. The molecule has 12 heavy (non-hydrogen) atoms. The van der Waals surface area contributed by atoms with Gasteiger partial charge >= 0.3 is 0 Å². The molecule has 1 aliphatic carbocycles. The van der Waals surface area contributed by atoms with Gasteiger partial charge in [0.05, 0.1) is 0 Å². The van der Waals surface area contributed by atoms with Gasteiger partial charge in [-0.25, -0.2) is 0 Å². The Hall–Kier alpha value is -0.370. The fourth-order valence-electron chi connectivity index (χ4n) is 1.52. The molecule has 0 aromatic heterocycles. The molecule has 0 aromatic carbocycles. The Morgan fingerprint density at radius 1 is 1.67 bits per heavy atom. The summed E-state index contributed by atoms with van der Waals surface area (Å²) in [5.74, 6) is 1.65. The van der Waals surface area contributed by atoms with Crippen LogP contribution in [0.25, 0.3) is 0 Å². The highest BCUT2D eigenvalue weighted by Gasteiger charge is 2.40. The maximum atomic E-state index is 11.6. The molecule has 3 unspecified atom stereocenters. The minimum Gasteiger partial charge on any atom is -0.385 e. The zero-order chi connectivity index (χ0) is 9.14. The van der Waals surface area contributed by atoms with E-state index in [1.807, 2.05) is 6.92 Å². The normalized spacial score (nSPS) is 29.9. The Morgan fingerprint density at radius 3 is 2.67 bits per heavy atom. The maximum absolute atomic E-state index is 11.6. The summed E-state index contributed by atoms with van der Waals surface area (Å²) in [6.45, 7) is 4.85. The molecule has 70 valence electrons. The highest BCUT2D eigenvalue weighted by molar-refractivity contribution is 5.85. The highest BCUT2D eigenvalue weighted by Crippen LogP contribution is 2.40. The number of carbonyl (C=O) groups is 1. The van der Waals surface area contributed by atoms with Crippen molar-refractivity contribution in [1.82, 2.24) is 0 Å². The summed E-state index contributed by atoms with van der Waals surface area (Å²) in [5, 5.41) is 0. The molecule has 0 heterocycles. The van der Waals surface area contributed by atoms with Crippen LogP contribution in [-0.2, 0) is 9.53 Å². The van der Waals surface area contributed by atoms with Crippen LogP contribution in [-0.4, -0.2) is 19.5 Å². The summed E-state index contributed by atoms with van der Waals surface area (Å²) >= 11 is 0. The lowest BCUT2D eigenvalue weighted by molar-refractivity contribution is -0.124. The van der Waals surface area contributed by atoms with Crippen LogP contribution in [0, 0.1) is 17.8 Å². The van der Waals surface area contributed by atoms with Gasteiger partial charge in [-0.2, -0.15) is 0 Å². The summed E-state index contributed by atoms with van der Waals surface area (Å²) in [6, 6.07) is 0. The van der Waals surface area contributed by atoms with E-state index >= 15 is 0 Å². The van der Waals surface area contributed by atoms with Gasteiger partial charge in [0.1, 0.15) is 5.78 Å². The number of hydrogen-bond acceptors (Lipinski definition) is 2. The van der Waals surface area contributed by atoms with Crippen LogP contribution in [0.4, 0.5) is 0 Å². The minimum atomic E-state index is 0.194. The SMILES string of the molecule is COCCC(C)C(=O)C1CC1C. The van der Waals surface area contributed by atoms with Gasteiger partial charge in [0, 0.05) is 25.6 Å². The van der Waals surface area contributed by atoms with E-state index in [1.165, 1.54) is 0 Å². The standard InChI is InChI=1S/C10H18O2/c1-7(4-5-12-3)10(11)9-6-8(9)2/h7-9H,4-6H2,1-3H3. The fraction of sp³-hybridized carbons (Fsp3) is 0.900. The maximum Gasteiger partial charge on any atom is 0.139 e. The van der Waals surface area contributed by atoms with Crippen molar-refractivity contribution in [2.45, 2.75) is 26.7 Å². The van der Waals surface area contributed by atoms with Crippen molar-refractivity contribution in [3.63, 3.8) is 0 Å². The molecule has 3 atom stereocenters. The van der Waals surface area contributed by atoms with E-state index in [4.69, 9.17) is 4.74 Å². The topological polar surface area (TPSA) is 26.3 Å². The summed E-state index contributed by atoms with van der Waals surface area (Å²) < 4.78 is 4.94. The molecule has 0 amide bonds. The van der Waals surface area contributed by atoms with Crippen molar-refractivity contribution in [1.29, 1.82) is 0 Å². The predicted molar refractivity (Wildman–Crippen MR) is 47.9 cm³/mol. The van der Waals surface area contributed by atoms with Gasteiger partial charge in [-0.05, 0) is 18.8 Å². The van der Waals surface area contributed by atoms with Crippen molar-refractivity contribution in [3.05, 3.63) is 0 Å². The average Bonchev–Trinajstić information content (AvgIpc) is 2.77. The van der Waals surface area contributed by atoms with Crippen molar-refractivity contribution < 1.29 is 9.53 Å². The molecule has 0 bridgehead atoms. The molecule has 0 aliphatic heterocycles. The third kappa shape index (κ3) is 2.31. The van der Waals surface area contributed by atoms with Crippen LogP contribution in [0.5, 0.6) is 0 Å². The van der Waals surface area contributed by atoms with E-state index in [9.17, 15) is 4.79 Å². The monoisotopic (exact) mass is 170 g/mol. The summed E-state index contributed by atoms with van der Waals surface area (Å²) in [5.41, 5.74) is 0. The molecule has 1 aliphatic rings. The van der Waals surface area contributed by atoms with E-state index in [2.05, 4.69) is 6.92 Å². The minimum absolute atomic E-state index is 0.194. The van der Waals surface area contributed by atoms with Gasteiger partial charge in [-0.1, -0.05) is 13.8 Å². The van der Waals surface area contributed by atoms with Crippen LogP contribution >= 0.6 is 0 Å². The summed E-state index contributed by atoms with van der Waals surface area (Å²) in [6.07, 6.45) is 1.98. The van der Waals surface area contributed by atoms with Crippen LogP contribution < -0.4 is 0 Å².